The molecule has 0 bridgehead atoms. The molecule has 4 aromatic carbocycles. The van der Waals surface area contributed by atoms with Crippen molar-refractivity contribution in [3.63, 3.8) is 0 Å². The minimum absolute atomic E-state index is 0.0631. The molecule has 7 nitrogen and oxygen atoms in total. The Morgan fingerprint density at radius 2 is 1.66 bits per heavy atom. The number of hydrogen-bond donors (Lipinski definition) is 1. The summed E-state index contributed by atoms with van der Waals surface area (Å²) in [7, 11) is 0. The Morgan fingerprint density at radius 3 is 2.36 bits per heavy atom. The van der Waals surface area contributed by atoms with Gasteiger partial charge in [-0.25, -0.2) is 9.18 Å². The molecule has 1 fully saturated rings. The fourth-order valence-electron chi connectivity index (χ4n) is 5.30. The van der Waals surface area contributed by atoms with Crippen molar-refractivity contribution < 1.29 is 33.3 Å². The summed E-state index contributed by atoms with van der Waals surface area (Å²) in [6.07, 6.45) is 1.35. The third-order valence-corrected chi connectivity index (χ3v) is 7.51. The standard InChI is InChI=1S/C36H34FNO6/c1-2-21-42-34(40)24-43-29-17-18-30(33(22-29)44-23-25-9-5-3-6-10-25)35-31(36(41)38(35)28-11-7-4-8-12-28)19-20-32(39)26-13-15-27(37)16-14-26/h2-18,22,31-32,35,39H,1,19-21,23-24H2/t31-,32+,35-/m1/s1. The van der Waals surface area contributed by atoms with Gasteiger partial charge in [-0.3, -0.25) is 4.79 Å². The average Bonchev–Trinajstić information content (AvgIpc) is 3.05. The molecule has 0 unspecified atom stereocenters. The van der Waals surface area contributed by atoms with Crippen molar-refractivity contribution >= 4 is 17.6 Å². The van der Waals surface area contributed by atoms with E-state index >= 15 is 0 Å². The second-order valence-electron chi connectivity index (χ2n) is 10.5. The zero-order valence-electron chi connectivity index (χ0n) is 24.2. The molecule has 0 aliphatic carbocycles. The van der Waals surface area contributed by atoms with Crippen LogP contribution in [-0.2, 0) is 20.9 Å². The number of anilines is 1. The molecule has 0 saturated carbocycles. The minimum atomic E-state index is -0.847. The second kappa shape index (κ2) is 14.5. The van der Waals surface area contributed by atoms with E-state index in [0.29, 0.717) is 29.9 Å². The van der Waals surface area contributed by atoms with Gasteiger partial charge in [0.25, 0.3) is 0 Å². The number of ether oxygens (including phenoxy) is 3. The normalized spacial score (nSPS) is 16.5. The highest BCUT2D eigenvalue weighted by Crippen LogP contribution is 2.49. The molecule has 0 radical (unpaired) electrons. The van der Waals surface area contributed by atoms with Gasteiger partial charge in [0.1, 0.15) is 30.5 Å². The van der Waals surface area contributed by atoms with Crippen LogP contribution in [0.3, 0.4) is 0 Å². The largest absolute Gasteiger partial charge is 0.488 e. The summed E-state index contributed by atoms with van der Waals surface area (Å²) in [5.74, 6) is -0.490. The van der Waals surface area contributed by atoms with E-state index in [0.717, 1.165) is 16.8 Å². The quantitative estimate of drug-likeness (QED) is 0.0989. The van der Waals surface area contributed by atoms with E-state index < -0.39 is 18.0 Å². The summed E-state index contributed by atoms with van der Waals surface area (Å²) in [6, 6.07) is 29.7. The fraction of sp³-hybridized carbons (Fsp3) is 0.222. The molecule has 3 atom stereocenters. The third kappa shape index (κ3) is 7.33. The molecule has 1 aliphatic heterocycles. The maximum Gasteiger partial charge on any atom is 0.344 e. The number of carbonyl (C=O) groups is 2. The molecular weight excluding hydrogens is 561 g/mol. The number of β-lactam (4-membered cyclic amide) rings is 1. The van der Waals surface area contributed by atoms with Crippen molar-refractivity contribution in [2.24, 2.45) is 5.92 Å². The fourth-order valence-corrected chi connectivity index (χ4v) is 5.30. The predicted molar refractivity (Wildman–Crippen MR) is 165 cm³/mol. The van der Waals surface area contributed by atoms with Crippen LogP contribution in [0.2, 0.25) is 0 Å². The molecule has 226 valence electrons. The summed E-state index contributed by atoms with van der Waals surface area (Å²) >= 11 is 0. The smallest absolute Gasteiger partial charge is 0.344 e. The lowest BCUT2D eigenvalue weighted by Crippen LogP contribution is -2.55. The number of aliphatic hydroxyl groups excluding tert-OH is 1. The molecule has 44 heavy (non-hydrogen) atoms. The maximum atomic E-state index is 13.6. The van der Waals surface area contributed by atoms with Crippen LogP contribution in [-0.4, -0.2) is 30.2 Å². The lowest BCUT2D eigenvalue weighted by molar-refractivity contribution is -0.144. The Morgan fingerprint density at radius 1 is 0.955 bits per heavy atom. The van der Waals surface area contributed by atoms with Crippen LogP contribution >= 0.6 is 0 Å². The molecule has 1 heterocycles. The van der Waals surface area contributed by atoms with E-state index in [1.165, 1.54) is 18.2 Å². The SMILES string of the molecule is C=CCOC(=O)COc1ccc([C@@H]2[C@@H](CC[C@H](O)c3ccc(F)cc3)C(=O)N2c2ccccc2)c(OCc2ccccc2)c1. The lowest BCUT2D eigenvalue weighted by atomic mass is 9.78. The van der Waals surface area contributed by atoms with Gasteiger partial charge in [-0.1, -0.05) is 73.3 Å². The number of nitrogens with zero attached hydrogens (tertiary/aromatic N) is 1. The van der Waals surface area contributed by atoms with Crippen LogP contribution in [0.1, 0.15) is 41.7 Å². The first-order valence-electron chi connectivity index (χ1n) is 14.5. The second-order valence-corrected chi connectivity index (χ2v) is 10.5. The molecule has 5 rings (SSSR count). The minimum Gasteiger partial charge on any atom is -0.488 e. The van der Waals surface area contributed by atoms with Crippen LogP contribution in [0, 0.1) is 11.7 Å². The Labute approximate surface area is 256 Å². The highest BCUT2D eigenvalue weighted by Gasteiger charge is 2.49. The number of aliphatic hydroxyl groups is 1. The summed E-state index contributed by atoms with van der Waals surface area (Å²) in [5, 5.41) is 10.8. The number of rotatable bonds is 14. The van der Waals surface area contributed by atoms with Gasteiger partial charge in [0.2, 0.25) is 5.91 Å². The van der Waals surface area contributed by atoms with Crippen molar-refractivity contribution in [1.82, 2.24) is 0 Å². The van der Waals surface area contributed by atoms with E-state index in [2.05, 4.69) is 6.58 Å². The maximum absolute atomic E-state index is 13.6. The van der Waals surface area contributed by atoms with Gasteiger partial charge in [0.05, 0.1) is 18.1 Å². The molecule has 1 saturated heterocycles. The van der Waals surface area contributed by atoms with Crippen molar-refractivity contribution in [3.8, 4) is 11.5 Å². The van der Waals surface area contributed by atoms with Gasteiger partial charge in [-0.05, 0) is 60.4 Å². The van der Waals surface area contributed by atoms with Gasteiger partial charge >= 0.3 is 5.97 Å². The van der Waals surface area contributed by atoms with Crippen LogP contribution in [0.5, 0.6) is 11.5 Å². The molecule has 4 aromatic rings. The molecule has 0 spiro atoms. The van der Waals surface area contributed by atoms with Gasteiger partial charge < -0.3 is 24.2 Å². The predicted octanol–water partition coefficient (Wildman–Crippen LogP) is 6.73. The first-order chi connectivity index (χ1) is 21.4. The number of halogens is 1. The van der Waals surface area contributed by atoms with Gasteiger partial charge in [0, 0.05) is 17.3 Å². The lowest BCUT2D eigenvalue weighted by Gasteiger charge is -2.48. The highest BCUT2D eigenvalue weighted by atomic mass is 19.1. The van der Waals surface area contributed by atoms with Crippen LogP contribution in [0.4, 0.5) is 10.1 Å². The Bertz CT molecular complexity index is 1560. The first-order valence-corrected chi connectivity index (χ1v) is 14.5. The van der Waals surface area contributed by atoms with Crippen molar-refractivity contribution in [1.29, 1.82) is 0 Å². The summed E-state index contributed by atoms with van der Waals surface area (Å²) in [6.45, 7) is 3.62. The van der Waals surface area contributed by atoms with E-state index in [1.54, 1.807) is 29.2 Å². The van der Waals surface area contributed by atoms with Gasteiger partial charge in [0.15, 0.2) is 6.61 Å². The number of benzene rings is 4. The van der Waals surface area contributed by atoms with Gasteiger partial charge in [-0.15, -0.1) is 0 Å². The van der Waals surface area contributed by atoms with E-state index in [1.807, 2.05) is 66.7 Å². The number of amides is 1. The molecule has 1 amide bonds. The molecule has 0 aromatic heterocycles. The Kier molecular flexibility index (Phi) is 10.0. The molecule has 1 aliphatic rings. The average molecular weight is 596 g/mol. The van der Waals surface area contributed by atoms with Crippen molar-refractivity contribution in [2.45, 2.75) is 31.6 Å². The monoisotopic (exact) mass is 595 g/mol. The van der Waals surface area contributed by atoms with Crippen LogP contribution < -0.4 is 14.4 Å². The zero-order chi connectivity index (χ0) is 30.9. The molecule has 8 heteroatoms. The van der Waals surface area contributed by atoms with E-state index in [9.17, 15) is 19.1 Å². The first kappa shape index (κ1) is 30.5. The zero-order valence-corrected chi connectivity index (χ0v) is 24.2. The third-order valence-electron chi connectivity index (χ3n) is 7.51. The number of hydrogen-bond acceptors (Lipinski definition) is 6. The van der Waals surface area contributed by atoms with Crippen LogP contribution in [0.15, 0.2) is 116 Å². The van der Waals surface area contributed by atoms with E-state index in [4.69, 9.17) is 14.2 Å². The molecular formula is C36H34FNO6. The van der Waals surface area contributed by atoms with Crippen molar-refractivity contribution in [3.05, 3.63) is 138 Å². The number of carbonyl (C=O) groups excluding carboxylic acids is 2. The summed E-state index contributed by atoms with van der Waals surface area (Å²) in [4.78, 5) is 27.4. The number of para-hydroxylation sites is 1. The number of esters is 1. The Hall–Kier alpha value is -4.95. The van der Waals surface area contributed by atoms with E-state index in [-0.39, 0.29) is 37.6 Å². The summed E-state index contributed by atoms with van der Waals surface area (Å²) < 4.78 is 30.5. The highest BCUT2D eigenvalue weighted by molar-refractivity contribution is 6.03. The van der Waals surface area contributed by atoms with Crippen LogP contribution in [0.25, 0.3) is 0 Å². The van der Waals surface area contributed by atoms with Gasteiger partial charge in [-0.2, -0.15) is 0 Å². The summed E-state index contributed by atoms with van der Waals surface area (Å²) in [5.41, 5.74) is 3.07. The topological polar surface area (TPSA) is 85.3 Å². The Balaban J connectivity index is 1.43. The molecule has 1 N–H and O–H groups in total. The van der Waals surface area contributed by atoms with Crippen molar-refractivity contribution in [2.75, 3.05) is 18.1 Å².